The zero-order valence-electron chi connectivity index (χ0n) is 9.85. The first-order valence-corrected chi connectivity index (χ1v) is 5.46. The van der Waals surface area contributed by atoms with E-state index in [4.69, 9.17) is 6.42 Å². The Morgan fingerprint density at radius 2 is 2.05 bits per heavy atom. The van der Waals surface area contributed by atoms with Crippen molar-refractivity contribution in [2.45, 2.75) is 0 Å². The Hall–Kier alpha value is -2.80. The average molecular weight is 255 g/mol. The molecule has 19 heavy (non-hydrogen) atoms. The van der Waals surface area contributed by atoms with Gasteiger partial charge >= 0.3 is 0 Å². The van der Waals surface area contributed by atoms with Crippen molar-refractivity contribution in [1.82, 2.24) is 0 Å². The van der Waals surface area contributed by atoms with Gasteiger partial charge in [-0.05, 0) is 36.4 Å². The smallest absolute Gasteiger partial charge is 0.259 e. The Morgan fingerprint density at radius 3 is 2.79 bits per heavy atom. The maximum absolute atomic E-state index is 13.0. The van der Waals surface area contributed by atoms with Crippen molar-refractivity contribution < 1.29 is 14.3 Å². The van der Waals surface area contributed by atoms with Crippen molar-refractivity contribution in [2.24, 2.45) is 0 Å². The number of carbonyl (C=O) groups is 1. The quantitative estimate of drug-likeness (QED) is 0.811. The van der Waals surface area contributed by atoms with E-state index in [0.29, 0.717) is 11.3 Å². The standard InChI is InChI=1S/C15H10FNO2/c1-2-10-4-3-5-12(8-10)17-15(19)13-9-11(16)6-7-14(13)18/h1,3-9,18H,(H,17,19). The molecule has 3 nitrogen and oxygen atoms in total. The molecule has 0 fully saturated rings. The molecule has 0 heterocycles. The zero-order valence-corrected chi connectivity index (χ0v) is 9.85. The maximum Gasteiger partial charge on any atom is 0.259 e. The predicted molar refractivity (Wildman–Crippen MR) is 70.4 cm³/mol. The summed E-state index contributed by atoms with van der Waals surface area (Å²) in [5.41, 5.74) is 0.955. The zero-order chi connectivity index (χ0) is 13.8. The summed E-state index contributed by atoms with van der Waals surface area (Å²) in [6.45, 7) is 0. The van der Waals surface area contributed by atoms with Crippen molar-refractivity contribution in [3.8, 4) is 18.1 Å². The van der Waals surface area contributed by atoms with E-state index in [1.165, 1.54) is 0 Å². The summed E-state index contributed by atoms with van der Waals surface area (Å²) in [6, 6.07) is 9.83. The SMILES string of the molecule is C#Cc1cccc(NC(=O)c2cc(F)ccc2O)c1. The second-order valence-electron chi connectivity index (χ2n) is 3.84. The number of terminal acetylenes is 1. The summed E-state index contributed by atoms with van der Waals surface area (Å²) in [5, 5.41) is 12.1. The number of amides is 1. The van der Waals surface area contributed by atoms with Crippen LogP contribution in [0.1, 0.15) is 15.9 Å². The molecule has 0 unspecified atom stereocenters. The van der Waals surface area contributed by atoms with Crippen molar-refractivity contribution in [3.05, 3.63) is 59.4 Å². The summed E-state index contributed by atoms with van der Waals surface area (Å²) in [7, 11) is 0. The Labute approximate surface area is 109 Å². The molecule has 2 N–H and O–H groups in total. The van der Waals surface area contributed by atoms with Crippen LogP contribution in [0.4, 0.5) is 10.1 Å². The Bertz CT molecular complexity index is 674. The third-order valence-electron chi connectivity index (χ3n) is 2.49. The normalized spacial score (nSPS) is 9.68. The van der Waals surface area contributed by atoms with E-state index < -0.39 is 11.7 Å². The van der Waals surface area contributed by atoms with Crippen LogP contribution in [-0.4, -0.2) is 11.0 Å². The van der Waals surface area contributed by atoms with Crippen LogP contribution in [-0.2, 0) is 0 Å². The molecule has 0 saturated carbocycles. The van der Waals surface area contributed by atoms with E-state index in [-0.39, 0.29) is 11.3 Å². The molecule has 4 heteroatoms. The first-order chi connectivity index (χ1) is 9.10. The van der Waals surface area contributed by atoms with Crippen molar-refractivity contribution >= 4 is 11.6 Å². The molecule has 0 spiro atoms. The van der Waals surface area contributed by atoms with Gasteiger partial charge in [-0.3, -0.25) is 4.79 Å². The Morgan fingerprint density at radius 1 is 1.26 bits per heavy atom. The number of aromatic hydroxyl groups is 1. The molecule has 0 saturated heterocycles. The summed E-state index contributed by atoms with van der Waals surface area (Å²) in [4.78, 5) is 11.9. The first kappa shape index (κ1) is 12.7. The lowest BCUT2D eigenvalue weighted by Gasteiger charge is -2.07. The monoisotopic (exact) mass is 255 g/mol. The number of halogens is 1. The molecule has 94 valence electrons. The van der Waals surface area contributed by atoms with Gasteiger partial charge in [0.25, 0.3) is 5.91 Å². The Kier molecular flexibility index (Phi) is 3.48. The summed E-state index contributed by atoms with van der Waals surface area (Å²) < 4.78 is 13.0. The van der Waals surface area contributed by atoms with E-state index >= 15 is 0 Å². The van der Waals surface area contributed by atoms with Crippen LogP contribution in [0.25, 0.3) is 0 Å². The number of anilines is 1. The second-order valence-corrected chi connectivity index (χ2v) is 3.84. The third kappa shape index (κ3) is 2.90. The fraction of sp³-hybridized carbons (Fsp3) is 0. The van der Waals surface area contributed by atoms with Crippen LogP contribution in [0.15, 0.2) is 42.5 Å². The highest BCUT2D eigenvalue weighted by Crippen LogP contribution is 2.20. The summed E-state index contributed by atoms with van der Waals surface area (Å²) in [6.07, 6.45) is 5.25. The van der Waals surface area contributed by atoms with E-state index in [9.17, 15) is 14.3 Å². The van der Waals surface area contributed by atoms with Crippen molar-refractivity contribution in [1.29, 1.82) is 0 Å². The van der Waals surface area contributed by atoms with E-state index in [1.54, 1.807) is 24.3 Å². The van der Waals surface area contributed by atoms with Gasteiger partial charge in [0, 0.05) is 11.3 Å². The summed E-state index contributed by atoms with van der Waals surface area (Å²) >= 11 is 0. The molecule has 0 aliphatic carbocycles. The van der Waals surface area contributed by atoms with Gasteiger partial charge in [-0.1, -0.05) is 12.0 Å². The van der Waals surface area contributed by atoms with E-state index in [0.717, 1.165) is 18.2 Å². The van der Waals surface area contributed by atoms with Crippen LogP contribution in [0, 0.1) is 18.2 Å². The van der Waals surface area contributed by atoms with Gasteiger partial charge in [0.1, 0.15) is 11.6 Å². The highest BCUT2D eigenvalue weighted by molar-refractivity contribution is 6.06. The van der Waals surface area contributed by atoms with Crippen LogP contribution in [0.5, 0.6) is 5.75 Å². The van der Waals surface area contributed by atoms with Crippen molar-refractivity contribution in [3.63, 3.8) is 0 Å². The molecule has 2 rings (SSSR count). The lowest BCUT2D eigenvalue weighted by molar-refractivity contribution is 0.102. The number of phenols is 1. The number of hydrogen-bond donors (Lipinski definition) is 2. The minimum absolute atomic E-state index is 0.133. The molecule has 0 radical (unpaired) electrons. The highest BCUT2D eigenvalue weighted by atomic mass is 19.1. The molecule has 2 aromatic carbocycles. The molecule has 1 amide bonds. The molecule has 0 aromatic heterocycles. The molecular formula is C15H10FNO2. The maximum atomic E-state index is 13.0. The van der Waals surface area contributed by atoms with Gasteiger partial charge in [-0.2, -0.15) is 0 Å². The summed E-state index contributed by atoms with van der Waals surface area (Å²) in [5.74, 6) is 0.953. The predicted octanol–water partition coefficient (Wildman–Crippen LogP) is 2.76. The third-order valence-corrected chi connectivity index (χ3v) is 2.49. The van der Waals surface area contributed by atoms with Crippen LogP contribution in [0.2, 0.25) is 0 Å². The van der Waals surface area contributed by atoms with E-state index in [2.05, 4.69) is 11.2 Å². The Balaban J connectivity index is 2.26. The minimum Gasteiger partial charge on any atom is -0.507 e. The molecule has 0 bridgehead atoms. The lowest BCUT2D eigenvalue weighted by atomic mass is 10.1. The van der Waals surface area contributed by atoms with Gasteiger partial charge in [0.15, 0.2) is 0 Å². The largest absolute Gasteiger partial charge is 0.507 e. The van der Waals surface area contributed by atoms with Crippen LogP contribution in [0.3, 0.4) is 0 Å². The van der Waals surface area contributed by atoms with Gasteiger partial charge < -0.3 is 10.4 Å². The molecule has 2 aromatic rings. The highest BCUT2D eigenvalue weighted by Gasteiger charge is 2.12. The van der Waals surface area contributed by atoms with Crippen molar-refractivity contribution in [2.75, 3.05) is 5.32 Å². The minimum atomic E-state index is -0.605. The van der Waals surface area contributed by atoms with Crippen LogP contribution >= 0.6 is 0 Å². The molecule has 0 atom stereocenters. The van der Waals surface area contributed by atoms with Crippen LogP contribution < -0.4 is 5.32 Å². The van der Waals surface area contributed by atoms with E-state index in [1.807, 2.05) is 0 Å². The van der Waals surface area contributed by atoms with Gasteiger partial charge in [-0.25, -0.2) is 4.39 Å². The molecule has 0 aliphatic rings. The number of hydrogen-bond acceptors (Lipinski definition) is 2. The molecule has 0 aliphatic heterocycles. The fourth-order valence-electron chi connectivity index (χ4n) is 1.58. The molecular weight excluding hydrogens is 245 g/mol. The number of phenolic OH excluding ortho intramolecular Hbond substituents is 1. The number of benzene rings is 2. The van der Waals surface area contributed by atoms with Gasteiger partial charge in [-0.15, -0.1) is 6.42 Å². The number of carbonyl (C=O) groups excluding carboxylic acids is 1. The fourth-order valence-corrected chi connectivity index (χ4v) is 1.58. The first-order valence-electron chi connectivity index (χ1n) is 5.46. The number of nitrogens with one attached hydrogen (secondary N) is 1. The van der Waals surface area contributed by atoms with Gasteiger partial charge in [0.05, 0.1) is 5.56 Å². The van der Waals surface area contributed by atoms with Gasteiger partial charge in [0.2, 0.25) is 0 Å². The topological polar surface area (TPSA) is 49.3 Å². The lowest BCUT2D eigenvalue weighted by Crippen LogP contribution is -2.12. The average Bonchev–Trinajstić information content (AvgIpc) is 2.41. The number of rotatable bonds is 2. The second kappa shape index (κ2) is 5.23.